The zero-order valence-electron chi connectivity index (χ0n) is 13.5. The van der Waals surface area contributed by atoms with Crippen molar-refractivity contribution in [3.63, 3.8) is 0 Å². The third-order valence-electron chi connectivity index (χ3n) is 4.44. The van der Waals surface area contributed by atoms with Crippen LogP contribution in [0.5, 0.6) is 0 Å². The van der Waals surface area contributed by atoms with E-state index in [-0.39, 0.29) is 11.1 Å². The average Bonchev–Trinajstić information content (AvgIpc) is 3.05. The van der Waals surface area contributed by atoms with Crippen LogP contribution in [0.4, 0.5) is 0 Å². The standard InChI is InChI=1S/C17H23N3O2/c1-17(2,3)14-9-12(8-11-6-4-5-7-11)18-15-10-13(16(21)22)19-20(14)15/h9-11H,4-8H2,1-3H3,(H,21,22). The van der Waals surface area contributed by atoms with Crippen LogP contribution in [0.1, 0.15) is 68.3 Å². The Morgan fingerprint density at radius 3 is 2.59 bits per heavy atom. The van der Waals surface area contributed by atoms with Gasteiger partial charge in [-0.2, -0.15) is 5.10 Å². The van der Waals surface area contributed by atoms with E-state index in [2.05, 4.69) is 36.9 Å². The van der Waals surface area contributed by atoms with Crippen LogP contribution in [-0.4, -0.2) is 25.7 Å². The molecule has 1 aliphatic rings. The predicted octanol–water partition coefficient (Wildman–Crippen LogP) is 3.46. The summed E-state index contributed by atoms with van der Waals surface area (Å²) < 4.78 is 1.68. The molecule has 1 saturated carbocycles. The number of aromatic nitrogens is 3. The molecule has 5 nitrogen and oxygen atoms in total. The first-order chi connectivity index (χ1) is 10.3. The van der Waals surface area contributed by atoms with Gasteiger partial charge in [0.05, 0.1) is 5.69 Å². The minimum atomic E-state index is -1.01. The van der Waals surface area contributed by atoms with Gasteiger partial charge >= 0.3 is 5.97 Å². The minimum absolute atomic E-state index is 0.0519. The first-order valence-electron chi connectivity index (χ1n) is 7.98. The number of rotatable bonds is 3. The van der Waals surface area contributed by atoms with Gasteiger partial charge in [0.1, 0.15) is 0 Å². The molecule has 2 aromatic heterocycles. The van der Waals surface area contributed by atoms with Crippen LogP contribution in [0.3, 0.4) is 0 Å². The molecule has 22 heavy (non-hydrogen) atoms. The van der Waals surface area contributed by atoms with Crippen molar-refractivity contribution in [3.05, 3.63) is 29.2 Å². The number of carboxylic acids is 1. The van der Waals surface area contributed by atoms with E-state index >= 15 is 0 Å². The predicted molar refractivity (Wildman–Crippen MR) is 84.3 cm³/mol. The lowest BCUT2D eigenvalue weighted by Gasteiger charge is -2.21. The van der Waals surface area contributed by atoms with E-state index in [1.807, 2.05) is 0 Å². The van der Waals surface area contributed by atoms with E-state index in [0.29, 0.717) is 11.6 Å². The molecular weight excluding hydrogens is 278 g/mol. The van der Waals surface area contributed by atoms with Gasteiger partial charge in [0.25, 0.3) is 0 Å². The summed E-state index contributed by atoms with van der Waals surface area (Å²) in [7, 11) is 0. The molecule has 1 aliphatic carbocycles. The van der Waals surface area contributed by atoms with E-state index in [0.717, 1.165) is 17.8 Å². The van der Waals surface area contributed by atoms with Crippen LogP contribution in [0.2, 0.25) is 0 Å². The smallest absolute Gasteiger partial charge is 0.356 e. The summed E-state index contributed by atoms with van der Waals surface area (Å²) in [5.74, 6) is -0.299. The van der Waals surface area contributed by atoms with Gasteiger partial charge in [0.2, 0.25) is 0 Å². The number of nitrogens with zero attached hydrogens (tertiary/aromatic N) is 3. The minimum Gasteiger partial charge on any atom is -0.476 e. The Labute approximate surface area is 130 Å². The van der Waals surface area contributed by atoms with Gasteiger partial charge in [-0.05, 0) is 18.4 Å². The topological polar surface area (TPSA) is 67.5 Å². The zero-order valence-corrected chi connectivity index (χ0v) is 13.5. The van der Waals surface area contributed by atoms with Crippen LogP contribution in [0, 0.1) is 5.92 Å². The molecule has 2 aromatic rings. The number of carbonyl (C=O) groups is 1. The van der Waals surface area contributed by atoms with Crippen molar-refractivity contribution in [1.82, 2.24) is 14.6 Å². The fraction of sp³-hybridized carbons (Fsp3) is 0.588. The van der Waals surface area contributed by atoms with Crippen LogP contribution < -0.4 is 0 Å². The van der Waals surface area contributed by atoms with E-state index in [9.17, 15) is 9.90 Å². The quantitative estimate of drug-likeness (QED) is 0.942. The Kier molecular flexibility index (Phi) is 3.67. The molecule has 0 aromatic carbocycles. The van der Waals surface area contributed by atoms with Crippen molar-refractivity contribution in [3.8, 4) is 0 Å². The van der Waals surface area contributed by atoms with Crippen molar-refractivity contribution >= 4 is 11.6 Å². The highest BCUT2D eigenvalue weighted by Crippen LogP contribution is 2.29. The largest absolute Gasteiger partial charge is 0.476 e. The molecule has 118 valence electrons. The van der Waals surface area contributed by atoms with Crippen molar-refractivity contribution in [2.24, 2.45) is 5.92 Å². The van der Waals surface area contributed by atoms with Crippen LogP contribution in [0.25, 0.3) is 5.65 Å². The van der Waals surface area contributed by atoms with Crippen molar-refractivity contribution in [1.29, 1.82) is 0 Å². The molecule has 0 amide bonds. The maximum atomic E-state index is 11.2. The number of fused-ring (bicyclic) bond motifs is 1. The highest BCUT2D eigenvalue weighted by atomic mass is 16.4. The van der Waals surface area contributed by atoms with Gasteiger partial charge in [-0.15, -0.1) is 0 Å². The summed E-state index contributed by atoms with van der Waals surface area (Å²) in [4.78, 5) is 15.8. The summed E-state index contributed by atoms with van der Waals surface area (Å²) in [5, 5.41) is 13.4. The monoisotopic (exact) mass is 301 g/mol. The maximum Gasteiger partial charge on any atom is 0.356 e. The molecule has 5 heteroatoms. The van der Waals surface area contributed by atoms with Crippen molar-refractivity contribution < 1.29 is 9.90 Å². The summed E-state index contributed by atoms with van der Waals surface area (Å²) in [6.07, 6.45) is 6.16. The molecule has 0 atom stereocenters. The maximum absolute atomic E-state index is 11.2. The average molecular weight is 301 g/mol. The zero-order chi connectivity index (χ0) is 15.9. The molecule has 2 heterocycles. The lowest BCUT2D eigenvalue weighted by atomic mass is 9.90. The summed E-state index contributed by atoms with van der Waals surface area (Å²) in [6, 6.07) is 3.67. The fourth-order valence-electron chi connectivity index (χ4n) is 3.28. The van der Waals surface area contributed by atoms with Gasteiger partial charge < -0.3 is 5.11 Å². The molecule has 0 aliphatic heterocycles. The Balaban J connectivity index is 2.08. The SMILES string of the molecule is CC(C)(C)c1cc(CC2CCCC2)nc2cc(C(=O)O)nn12. The highest BCUT2D eigenvalue weighted by molar-refractivity contribution is 5.86. The van der Waals surface area contributed by atoms with Crippen LogP contribution in [0.15, 0.2) is 12.1 Å². The number of aromatic carboxylic acids is 1. The second-order valence-corrected chi connectivity index (χ2v) is 7.34. The van der Waals surface area contributed by atoms with Crippen LogP contribution >= 0.6 is 0 Å². The second-order valence-electron chi connectivity index (χ2n) is 7.34. The fourth-order valence-corrected chi connectivity index (χ4v) is 3.28. The molecule has 0 bridgehead atoms. The van der Waals surface area contributed by atoms with Crippen LogP contribution in [-0.2, 0) is 11.8 Å². The summed E-state index contributed by atoms with van der Waals surface area (Å²) >= 11 is 0. The van der Waals surface area contributed by atoms with E-state index in [1.165, 1.54) is 25.7 Å². The second kappa shape index (κ2) is 5.38. The highest BCUT2D eigenvalue weighted by Gasteiger charge is 2.23. The van der Waals surface area contributed by atoms with Gasteiger partial charge in [-0.1, -0.05) is 46.5 Å². The third-order valence-corrected chi connectivity index (χ3v) is 4.44. The third kappa shape index (κ3) is 2.85. The number of carboxylic acid groups (broad SMARTS) is 1. The van der Waals surface area contributed by atoms with Gasteiger partial charge in [-0.25, -0.2) is 14.3 Å². The molecule has 1 N–H and O–H groups in total. The van der Waals surface area contributed by atoms with Gasteiger partial charge in [0.15, 0.2) is 11.3 Å². The molecule has 0 unspecified atom stereocenters. The van der Waals surface area contributed by atoms with Crippen molar-refractivity contribution in [2.45, 2.75) is 58.3 Å². The molecule has 0 saturated heterocycles. The molecular formula is C17H23N3O2. The lowest BCUT2D eigenvalue weighted by Crippen LogP contribution is -2.19. The molecule has 3 rings (SSSR count). The lowest BCUT2D eigenvalue weighted by molar-refractivity contribution is 0.0690. The first-order valence-corrected chi connectivity index (χ1v) is 7.98. The summed E-state index contributed by atoms with van der Waals surface area (Å²) in [5.41, 5.74) is 2.64. The van der Waals surface area contributed by atoms with Crippen molar-refractivity contribution in [2.75, 3.05) is 0 Å². The normalized spacial score (nSPS) is 16.5. The Bertz CT molecular complexity index is 706. The first kappa shape index (κ1) is 15.0. The number of hydrogen-bond acceptors (Lipinski definition) is 3. The summed E-state index contributed by atoms with van der Waals surface area (Å²) in [6.45, 7) is 6.34. The Hall–Kier alpha value is -1.91. The Morgan fingerprint density at radius 1 is 1.32 bits per heavy atom. The number of hydrogen-bond donors (Lipinski definition) is 1. The molecule has 1 fully saturated rings. The Morgan fingerprint density at radius 2 is 2.00 bits per heavy atom. The molecule has 0 radical (unpaired) electrons. The van der Waals surface area contributed by atoms with Gasteiger partial charge in [0, 0.05) is 17.2 Å². The van der Waals surface area contributed by atoms with E-state index in [1.54, 1.807) is 10.6 Å². The molecule has 0 spiro atoms. The van der Waals surface area contributed by atoms with Gasteiger partial charge in [-0.3, -0.25) is 0 Å². The van der Waals surface area contributed by atoms with E-state index in [4.69, 9.17) is 0 Å². The van der Waals surface area contributed by atoms with E-state index < -0.39 is 5.97 Å².